The van der Waals surface area contributed by atoms with Crippen molar-refractivity contribution in [1.82, 2.24) is 25.3 Å². The van der Waals surface area contributed by atoms with E-state index in [2.05, 4.69) is 20.6 Å². The molecule has 2 aromatic rings. The Morgan fingerprint density at radius 1 is 0.580 bits per heavy atom. The molecule has 22 heteroatoms. The van der Waals surface area contributed by atoms with Gasteiger partial charge in [0.05, 0.1) is 32.3 Å². The van der Waals surface area contributed by atoms with Crippen molar-refractivity contribution in [2.24, 2.45) is 15.0 Å². The third-order valence-corrected chi connectivity index (χ3v) is 10.3. The highest BCUT2D eigenvalue weighted by molar-refractivity contribution is 6.07. The zero-order valence-corrected chi connectivity index (χ0v) is 51.4. The highest BCUT2D eigenvalue weighted by atomic mass is 16.6. The van der Waals surface area contributed by atoms with Gasteiger partial charge >= 0.3 is 36.6 Å². The van der Waals surface area contributed by atoms with Gasteiger partial charge in [0.15, 0.2) is 0 Å². The van der Waals surface area contributed by atoms with Crippen molar-refractivity contribution >= 4 is 54.3 Å². The molecule has 0 aliphatic carbocycles. The van der Waals surface area contributed by atoms with Crippen LogP contribution in [0.15, 0.2) is 69.6 Å². The molecule has 0 spiro atoms. The van der Waals surface area contributed by atoms with Crippen molar-refractivity contribution in [3.05, 3.63) is 65.7 Å². The molecule has 0 fully saturated rings. The van der Waals surface area contributed by atoms with E-state index in [-0.39, 0.29) is 50.8 Å². The van der Waals surface area contributed by atoms with Crippen LogP contribution >= 0.6 is 0 Å². The summed E-state index contributed by atoms with van der Waals surface area (Å²) < 4.78 is 46.2. The summed E-state index contributed by atoms with van der Waals surface area (Å²) in [6.07, 6.45) is -1.55. The van der Waals surface area contributed by atoms with Gasteiger partial charge in [-0.3, -0.25) is 25.5 Å². The van der Waals surface area contributed by atoms with Gasteiger partial charge in [0, 0.05) is 18.7 Å². The Kier molecular flexibility index (Phi) is 25.5. The van der Waals surface area contributed by atoms with Gasteiger partial charge in [-0.15, -0.1) is 4.99 Å². The normalized spacial score (nSPS) is 14.3. The van der Waals surface area contributed by atoms with E-state index in [1.165, 1.54) is 4.90 Å². The summed E-state index contributed by atoms with van der Waals surface area (Å²) in [5.41, 5.74) is -3.72. The zero-order chi connectivity index (χ0) is 61.0. The van der Waals surface area contributed by atoms with E-state index in [1.54, 1.807) is 149 Å². The molecule has 1 atom stereocenters. The number of carbonyl (C=O) groups is 6. The van der Waals surface area contributed by atoms with Gasteiger partial charge in [-0.1, -0.05) is 56.0 Å². The van der Waals surface area contributed by atoms with Crippen LogP contribution in [0.5, 0.6) is 5.75 Å². The summed E-state index contributed by atoms with van der Waals surface area (Å²) in [5.74, 6) is 0.302. The van der Waals surface area contributed by atoms with E-state index in [0.29, 0.717) is 49.6 Å². The number of nitrogens with one attached hydrogen (secondary N) is 2. The van der Waals surface area contributed by atoms with E-state index in [9.17, 15) is 28.8 Å². The number of amidine groups is 1. The Labute approximate surface area is 480 Å². The third kappa shape index (κ3) is 28.8. The Bertz CT molecular complexity index is 2440. The van der Waals surface area contributed by atoms with Gasteiger partial charge < -0.3 is 37.9 Å². The smallest absolute Gasteiger partial charge is 0.437 e. The molecule has 2 aromatic carbocycles. The number of benzene rings is 2. The fraction of sp³-hybridized carbons (Fsp3) is 0.644. The third-order valence-electron chi connectivity index (χ3n) is 10.3. The van der Waals surface area contributed by atoms with Crippen LogP contribution in [0, 0.1) is 0 Å². The van der Waals surface area contributed by atoms with Crippen molar-refractivity contribution in [3.63, 3.8) is 0 Å². The topological polar surface area (TPSA) is 247 Å². The number of carbonyl (C=O) groups excluding carboxylic acids is 6. The van der Waals surface area contributed by atoms with Crippen LogP contribution in [0.1, 0.15) is 174 Å². The largest absolute Gasteiger partial charge is 0.492 e. The number of guanidine groups is 2. The molecule has 0 saturated heterocycles. The lowest BCUT2D eigenvalue weighted by atomic mass is 10.1. The van der Waals surface area contributed by atoms with Gasteiger partial charge in [0.1, 0.15) is 51.8 Å². The average molecular weight is 1140 g/mol. The zero-order valence-electron chi connectivity index (χ0n) is 51.4. The Balaban J connectivity index is 1.86. The molecular formula is C59H92N8O14. The molecule has 1 heterocycles. The maximum Gasteiger partial charge on any atom is 0.437 e. The first-order valence-corrected chi connectivity index (χ1v) is 27.7. The fourth-order valence-electron chi connectivity index (χ4n) is 7.20. The monoisotopic (exact) mass is 1140 g/mol. The van der Waals surface area contributed by atoms with Crippen molar-refractivity contribution in [2.75, 3.05) is 39.3 Å². The lowest BCUT2D eigenvalue weighted by molar-refractivity contribution is 0.00614. The molecule has 6 amide bonds. The van der Waals surface area contributed by atoms with Crippen LogP contribution in [-0.2, 0) is 39.8 Å². The van der Waals surface area contributed by atoms with E-state index in [1.807, 2.05) is 30.3 Å². The SMILES string of the molecule is CC(C)(C)OC(=O)N=C(N(CCCCCCCCN=C(NC(=O)OC(C)(C)C)NC(=O)OC(C)(C)C)C(=O)OC(C)(C)C)N(CCOc1ccc(C2=NCC(OCc3ccccc3)CN2C(=O)OC(C)(C)C)cc1)C(=O)OC(C)(C)C. The number of amides is 6. The maximum atomic E-state index is 14.3. The second kappa shape index (κ2) is 30.2. The number of hydrogen-bond acceptors (Lipinski definition) is 16. The number of aliphatic imine (C=N–C) groups is 3. The number of unbranched alkanes of at least 4 members (excludes halogenated alkanes) is 5. The molecular weight excluding hydrogens is 1040 g/mol. The molecule has 22 nitrogen and oxygen atoms in total. The first kappa shape index (κ1) is 68.3. The summed E-state index contributed by atoms with van der Waals surface area (Å²) in [6.45, 7) is 31.5. The molecule has 2 N–H and O–H groups in total. The highest BCUT2D eigenvalue weighted by Gasteiger charge is 2.37. The van der Waals surface area contributed by atoms with Crippen LogP contribution < -0.4 is 15.4 Å². The average Bonchev–Trinajstić information content (AvgIpc) is 3.30. The van der Waals surface area contributed by atoms with Crippen LogP contribution in [0.2, 0.25) is 0 Å². The second-order valence-electron chi connectivity index (χ2n) is 25.3. The minimum absolute atomic E-state index is 0.0252. The van der Waals surface area contributed by atoms with Crippen LogP contribution in [-0.4, -0.2) is 148 Å². The summed E-state index contributed by atoms with van der Waals surface area (Å²) in [4.78, 5) is 98.0. The Morgan fingerprint density at radius 3 is 1.57 bits per heavy atom. The molecule has 0 radical (unpaired) electrons. The number of alkyl carbamates (subject to hydrolysis) is 2. The van der Waals surface area contributed by atoms with Gasteiger partial charge in [-0.05, 0) is 167 Å². The number of ether oxygens (including phenoxy) is 8. The van der Waals surface area contributed by atoms with Crippen LogP contribution in [0.4, 0.5) is 28.8 Å². The summed E-state index contributed by atoms with van der Waals surface area (Å²) in [7, 11) is 0. The molecule has 3 rings (SSSR count). The minimum Gasteiger partial charge on any atom is -0.492 e. The summed E-state index contributed by atoms with van der Waals surface area (Å²) in [5, 5.41) is 4.97. The fourth-order valence-corrected chi connectivity index (χ4v) is 7.20. The molecule has 0 bridgehead atoms. The molecule has 0 aromatic heterocycles. The molecule has 1 aliphatic heterocycles. The maximum absolute atomic E-state index is 14.3. The molecule has 1 unspecified atom stereocenters. The number of rotatable bonds is 17. The quantitative estimate of drug-likeness (QED) is 0.0647. The lowest BCUT2D eigenvalue weighted by Gasteiger charge is -2.34. The van der Waals surface area contributed by atoms with Crippen molar-refractivity contribution in [1.29, 1.82) is 0 Å². The number of hydrogen-bond donors (Lipinski definition) is 2. The predicted molar refractivity (Wildman–Crippen MR) is 310 cm³/mol. The first-order chi connectivity index (χ1) is 37.3. The lowest BCUT2D eigenvalue weighted by Crippen LogP contribution is -2.53. The van der Waals surface area contributed by atoms with E-state index in [0.717, 1.165) is 34.6 Å². The molecule has 81 heavy (non-hydrogen) atoms. The van der Waals surface area contributed by atoms with Crippen molar-refractivity contribution in [3.8, 4) is 5.75 Å². The van der Waals surface area contributed by atoms with Gasteiger partial charge in [0.2, 0.25) is 11.9 Å². The Morgan fingerprint density at radius 2 is 1.06 bits per heavy atom. The predicted octanol–water partition coefficient (Wildman–Crippen LogP) is 12.2. The summed E-state index contributed by atoms with van der Waals surface area (Å²) >= 11 is 0. The number of nitrogens with zero attached hydrogens (tertiary/aromatic N) is 6. The van der Waals surface area contributed by atoms with Gasteiger partial charge in [-0.2, -0.15) is 0 Å². The molecule has 1 aliphatic rings. The van der Waals surface area contributed by atoms with Gasteiger partial charge in [-0.25, -0.2) is 38.6 Å². The standard InChI is InChI=1S/C59H92N8O14/c1-54(2,3)76-48(68)62-46(63-49(69)77-55(4,5)6)60-34-26-21-19-20-22-27-35-65(51(71)79-57(10,11)12)47(64-50(70)78-56(7,8)9)66(52(72)80-58(13,14)15)36-37-74-43-32-30-42(31-33-43)45-61-38-44(75-40-41-28-24-23-25-29-41)39-67(45)53(73)81-59(16,17)18/h23-25,28-33,44H,19-22,26-27,34-40H2,1-18H3,(H2,60,62,63,68,69). The molecule has 452 valence electrons. The van der Waals surface area contributed by atoms with Gasteiger partial charge in [0.25, 0.3) is 0 Å². The Hall–Kier alpha value is -6.97. The van der Waals surface area contributed by atoms with E-state index >= 15 is 0 Å². The molecule has 0 saturated carbocycles. The summed E-state index contributed by atoms with van der Waals surface area (Å²) in [6, 6.07) is 16.6. The van der Waals surface area contributed by atoms with Crippen LogP contribution in [0.25, 0.3) is 0 Å². The van der Waals surface area contributed by atoms with Crippen molar-refractivity contribution < 1.29 is 66.7 Å². The van der Waals surface area contributed by atoms with Crippen molar-refractivity contribution in [2.45, 2.75) is 209 Å². The minimum atomic E-state index is -1.07. The second-order valence-corrected chi connectivity index (χ2v) is 25.3. The van der Waals surface area contributed by atoms with E-state index in [4.69, 9.17) is 42.9 Å². The van der Waals surface area contributed by atoms with Crippen LogP contribution in [0.3, 0.4) is 0 Å². The first-order valence-electron chi connectivity index (χ1n) is 27.7. The van der Waals surface area contributed by atoms with E-state index < -0.39 is 70.2 Å². The highest BCUT2D eigenvalue weighted by Crippen LogP contribution is 2.23.